The molecule has 1 aliphatic rings. The third-order valence-electron chi connectivity index (χ3n) is 3.33. The Balaban J connectivity index is 1.94. The topological polar surface area (TPSA) is 43.7 Å². The van der Waals surface area contributed by atoms with E-state index in [1.165, 1.54) is 5.56 Å². The maximum absolute atomic E-state index is 9.85. The average Bonchev–Trinajstić information content (AvgIpc) is 2.26. The van der Waals surface area contributed by atoms with E-state index in [0.29, 0.717) is 13.0 Å². The maximum atomic E-state index is 9.85. The van der Waals surface area contributed by atoms with Gasteiger partial charge in [-0.1, -0.05) is 30.3 Å². The van der Waals surface area contributed by atoms with Gasteiger partial charge in [0, 0.05) is 19.6 Å². The van der Waals surface area contributed by atoms with Crippen LogP contribution in [0.4, 0.5) is 0 Å². The standard InChI is InChI=1S/C13H19NO2/c1-13(16)7-8-14(10-12(13)15)9-11-5-3-2-4-6-11/h2-6,12,15-16H,7-10H2,1H3/t12-,13+/m0/s1. The highest BCUT2D eigenvalue weighted by Gasteiger charge is 2.35. The van der Waals surface area contributed by atoms with Gasteiger partial charge in [0.1, 0.15) is 0 Å². The van der Waals surface area contributed by atoms with E-state index in [9.17, 15) is 10.2 Å². The molecular weight excluding hydrogens is 202 g/mol. The predicted molar refractivity (Wildman–Crippen MR) is 63.0 cm³/mol. The lowest BCUT2D eigenvalue weighted by Gasteiger charge is -2.39. The quantitative estimate of drug-likeness (QED) is 0.783. The van der Waals surface area contributed by atoms with Crippen LogP contribution in [0.25, 0.3) is 0 Å². The van der Waals surface area contributed by atoms with Crippen molar-refractivity contribution in [3.63, 3.8) is 0 Å². The highest BCUT2D eigenvalue weighted by atomic mass is 16.3. The van der Waals surface area contributed by atoms with E-state index in [1.807, 2.05) is 18.2 Å². The Bertz CT molecular complexity index is 337. The van der Waals surface area contributed by atoms with Crippen molar-refractivity contribution in [1.29, 1.82) is 0 Å². The van der Waals surface area contributed by atoms with Crippen LogP contribution in [0.1, 0.15) is 18.9 Å². The van der Waals surface area contributed by atoms with Crippen molar-refractivity contribution in [2.45, 2.75) is 31.6 Å². The van der Waals surface area contributed by atoms with Crippen molar-refractivity contribution in [2.24, 2.45) is 0 Å². The van der Waals surface area contributed by atoms with E-state index in [-0.39, 0.29) is 0 Å². The van der Waals surface area contributed by atoms with Crippen molar-refractivity contribution in [3.8, 4) is 0 Å². The third kappa shape index (κ3) is 2.61. The zero-order valence-electron chi connectivity index (χ0n) is 9.63. The van der Waals surface area contributed by atoms with Gasteiger partial charge in [0.2, 0.25) is 0 Å². The number of hydrogen-bond donors (Lipinski definition) is 2. The molecule has 88 valence electrons. The van der Waals surface area contributed by atoms with Gasteiger partial charge in [0.25, 0.3) is 0 Å². The van der Waals surface area contributed by atoms with Gasteiger partial charge < -0.3 is 10.2 Å². The molecule has 16 heavy (non-hydrogen) atoms. The first-order valence-electron chi connectivity index (χ1n) is 5.75. The fourth-order valence-corrected chi connectivity index (χ4v) is 2.07. The van der Waals surface area contributed by atoms with E-state index in [0.717, 1.165) is 13.1 Å². The minimum Gasteiger partial charge on any atom is -0.389 e. The Morgan fingerprint density at radius 1 is 1.38 bits per heavy atom. The minimum absolute atomic E-state index is 0.544. The zero-order valence-corrected chi connectivity index (χ0v) is 9.63. The Kier molecular flexibility index (Phi) is 3.28. The number of likely N-dealkylation sites (tertiary alicyclic amines) is 1. The van der Waals surface area contributed by atoms with Gasteiger partial charge in [-0.3, -0.25) is 4.90 Å². The van der Waals surface area contributed by atoms with Crippen LogP contribution < -0.4 is 0 Å². The number of aliphatic hydroxyl groups excluding tert-OH is 1. The molecular formula is C13H19NO2. The summed E-state index contributed by atoms with van der Waals surface area (Å²) >= 11 is 0. The van der Waals surface area contributed by atoms with E-state index in [2.05, 4.69) is 17.0 Å². The van der Waals surface area contributed by atoms with Crippen molar-refractivity contribution in [3.05, 3.63) is 35.9 Å². The smallest absolute Gasteiger partial charge is 0.0951 e. The van der Waals surface area contributed by atoms with Gasteiger partial charge in [0.05, 0.1) is 11.7 Å². The number of nitrogens with zero attached hydrogens (tertiary/aromatic N) is 1. The SMILES string of the molecule is C[C@@]1(O)CCN(Cc2ccccc2)C[C@@H]1O. The number of β-amino-alcohol motifs (C(OH)–C–C–N with tert-alkyl or cyclic N) is 1. The molecule has 2 rings (SSSR count). The van der Waals surface area contributed by atoms with E-state index < -0.39 is 11.7 Å². The molecule has 1 saturated heterocycles. The lowest BCUT2D eigenvalue weighted by Crippen LogP contribution is -2.53. The molecule has 0 saturated carbocycles. The fourth-order valence-electron chi connectivity index (χ4n) is 2.07. The molecule has 3 heteroatoms. The van der Waals surface area contributed by atoms with Crippen LogP contribution in [-0.2, 0) is 6.54 Å². The molecule has 1 heterocycles. The molecule has 0 aromatic heterocycles. The second-order valence-corrected chi connectivity index (χ2v) is 4.84. The zero-order chi connectivity index (χ0) is 11.6. The number of piperidine rings is 1. The highest BCUT2D eigenvalue weighted by molar-refractivity contribution is 5.14. The molecule has 0 spiro atoms. The summed E-state index contributed by atoms with van der Waals surface area (Å²) in [6.07, 6.45) is -0.0222. The van der Waals surface area contributed by atoms with Gasteiger partial charge in [0.15, 0.2) is 0 Å². The fraction of sp³-hybridized carbons (Fsp3) is 0.538. The van der Waals surface area contributed by atoms with Crippen LogP contribution in [0.5, 0.6) is 0 Å². The van der Waals surface area contributed by atoms with Crippen molar-refractivity contribution in [2.75, 3.05) is 13.1 Å². The van der Waals surface area contributed by atoms with E-state index in [4.69, 9.17) is 0 Å². The van der Waals surface area contributed by atoms with E-state index >= 15 is 0 Å². The second-order valence-electron chi connectivity index (χ2n) is 4.84. The number of benzene rings is 1. The monoisotopic (exact) mass is 221 g/mol. The van der Waals surface area contributed by atoms with E-state index in [1.54, 1.807) is 6.92 Å². The van der Waals surface area contributed by atoms with Gasteiger partial charge >= 0.3 is 0 Å². The van der Waals surface area contributed by atoms with Gasteiger partial charge in [-0.05, 0) is 18.9 Å². The first-order valence-corrected chi connectivity index (χ1v) is 5.75. The first kappa shape index (κ1) is 11.6. The summed E-state index contributed by atoms with van der Waals surface area (Å²) < 4.78 is 0. The summed E-state index contributed by atoms with van der Waals surface area (Å²) in [4.78, 5) is 2.18. The summed E-state index contributed by atoms with van der Waals surface area (Å²) in [6.45, 7) is 3.92. The number of rotatable bonds is 2. The Morgan fingerprint density at radius 3 is 2.69 bits per heavy atom. The Hall–Kier alpha value is -0.900. The normalized spacial score (nSPS) is 31.6. The molecule has 0 radical (unpaired) electrons. The summed E-state index contributed by atoms with van der Waals surface area (Å²) in [5.74, 6) is 0. The highest BCUT2D eigenvalue weighted by Crippen LogP contribution is 2.22. The molecule has 1 aromatic rings. The molecule has 2 atom stereocenters. The summed E-state index contributed by atoms with van der Waals surface area (Å²) in [6, 6.07) is 10.2. The molecule has 2 N–H and O–H groups in total. The first-order chi connectivity index (χ1) is 7.58. The van der Waals surface area contributed by atoms with Gasteiger partial charge in [-0.2, -0.15) is 0 Å². The second kappa shape index (κ2) is 4.53. The lowest BCUT2D eigenvalue weighted by molar-refractivity contribution is -0.108. The molecule has 0 amide bonds. The number of aliphatic hydroxyl groups is 2. The molecule has 0 unspecified atom stereocenters. The molecule has 0 aliphatic carbocycles. The third-order valence-corrected chi connectivity index (χ3v) is 3.33. The molecule has 3 nitrogen and oxygen atoms in total. The molecule has 1 aliphatic heterocycles. The van der Waals surface area contributed by atoms with Crippen LogP contribution in [0, 0.1) is 0 Å². The largest absolute Gasteiger partial charge is 0.389 e. The van der Waals surface area contributed by atoms with Crippen LogP contribution >= 0.6 is 0 Å². The van der Waals surface area contributed by atoms with Crippen LogP contribution in [0.3, 0.4) is 0 Å². The van der Waals surface area contributed by atoms with Crippen LogP contribution in [0.2, 0.25) is 0 Å². The lowest BCUT2D eigenvalue weighted by atomic mass is 9.90. The summed E-state index contributed by atoms with van der Waals surface area (Å²) in [5, 5.41) is 19.6. The molecule has 1 fully saturated rings. The van der Waals surface area contributed by atoms with Crippen LogP contribution in [-0.4, -0.2) is 39.9 Å². The Labute approximate surface area is 96.3 Å². The van der Waals surface area contributed by atoms with Gasteiger partial charge in [-0.25, -0.2) is 0 Å². The van der Waals surface area contributed by atoms with Crippen molar-refractivity contribution >= 4 is 0 Å². The summed E-state index contributed by atoms with van der Waals surface area (Å²) in [7, 11) is 0. The van der Waals surface area contributed by atoms with Gasteiger partial charge in [-0.15, -0.1) is 0 Å². The molecule has 0 bridgehead atoms. The summed E-state index contributed by atoms with van der Waals surface area (Å²) in [5.41, 5.74) is 0.323. The van der Waals surface area contributed by atoms with Crippen molar-refractivity contribution in [1.82, 2.24) is 4.90 Å². The Morgan fingerprint density at radius 2 is 2.06 bits per heavy atom. The average molecular weight is 221 g/mol. The van der Waals surface area contributed by atoms with Crippen LogP contribution in [0.15, 0.2) is 30.3 Å². The minimum atomic E-state index is -0.923. The van der Waals surface area contributed by atoms with Crippen molar-refractivity contribution < 1.29 is 10.2 Å². The molecule has 1 aromatic carbocycles. The predicted octanol–water partition coefficient (Wildman–Crippen LogP) is 1.00. The maximum Gasteiger partial charge on any atom is 0.0951 e. The number of hydrogen-bond acceptors (Lipinski definition) is 3.